The van der Waals surface area contributed by atoms with Gasteiger partial charge in [0.15, 0.2) is 0 Å². The lowest BCUT2D eigenvalue weighted by Gasteiger charge is -2.57. The van der Waals surface area contributed by atoms with Crippen molar-refractivity contribution in [3.8, 4) is 5.75 Å². The zero-order valence-corrected chi connectivity index (χ0v) is 17.1. The number of methoxy groups -OCH3 is 1. The summed E-state index contributed by atoms with van der Waals surface area (Å²) in [6.45, 7) is 0. The van der Waals surface area contributed by atoms with Crippen LogP contribution in [0.4, 0.5) is 11.4 Å². The van der Waals surface area contributed by atoms with Crippen LogP contribution in [0.5, 0.6) is 5.75 Å². The Morgan fingerprint density at radius 3 is 2.17 bits per heavy atom. The summed E-state index contributed by atoms with van der Waals surface area (Å²) in [6, 6.07) is 15.9. The molecule has 0 atom stereocenters. The summed E-state index contributed by atoms with van der Waals surface area (Å²) in [5.74, 6) is 3.40. The molecule has 2 aromatic carbocycles. The van der Waals surface area contributed by atoms with Crippen molar-refractivity contribution in [2.24, 2.45) is 17.8 Å². The molecule has 0 saturated heterocycles. The molecule has 0 aliphatic heterocycles. The maximum absolute atomic E-state index is 12.8. The molecule has 4 bridgehead atoms. The van der Waals surface area contributed by atoms with Crippen LogP contribution >= 0.6 is 0 Å². The van der Waals surface area contributed by atoms with E-state index in [1.54, 1.807) is 7.11 Å². The van der Waals surface area contributed by atoms with Gasteiger partial charge in [-0.3, -0.25) is 4.79 Å². The first-order valence-corrected chi connectivity index (χ1v) is 10.9. The van der Waals surface area contributed by atoms with Gasteiger partial charge < -0.3 is 15.4 Å². The molecule has 4 nitrogen and oxygen atoms in total. The Morgan fingerprint density at radius 2 is 1.52 bits per heavy atom. The van der Waals surface area contributed by atoms with Crippen LogP contribution in [0.15, 0.2) is 48.5 Å². The smallest absolute Gasteiger partial charge is 0.228 e. The van der Waals surface area contributed by atoms with Crippen molar-refractivity contribution in [3.63, 3.8) is 0 Å². The molecule has 4 saturated carbocycles. The average Bonchev–Trinajstić information content (AvgIpc) is 2.68. The summed E-state index contributed by atoms with van der Waals surface area (Å²) in [6.07, 6.45) is 8.43. The maximum Gasteiger partial charge on any atom is 0.228 e. The predicted octanol–water partition coefficient (Wildman–Crippen LogP) is 5.26. The Morgan fingerprint density at radius 1 is 0.931 bits per heavy atom. The molecule has 1 amide bonds. The predicted molar refractivity (Wildman–Crippen MR) is 116 cm³/mol. The van der Waals surface area contributed by atoms with E-state index in [2.05, 4.69) is 22.8 Å². The molecule has 152 valence electrons. The van der Waals surface area contributed by atoms with E-state index in [0.29, 0.717) is 6.42 Å². The van der Waals surface area contributed by atoms with E-state index in [9.17, 15) is 4.79 Å². The van der Waals surface area contributed by atoms with Crippen molar-refractivity contribution in [2.45, 2.75) is 50.5 Å². The molecule has 29 heavy (non-hydrogen) atoms. The molecule has 4 fully saturated rings. The minimum Gasteiger partial charge on any atom is -0.496 e. The molecule has 4 heteroatoms. The number of anilines is 2. The van der Waals surface area contributed by atoms with Gasteiger partial charge >= 0.3 is 0 Å². The number of hydrogen-bond acceptors (Lipinski definition) is 3. The third kappa shape index (κ3) is 3.73. The lowest BCUT2D eigenvalue weighted by atomic mass is 9.53. The Balaban J connectivity index is 1.32. The van der Waals surface area contributed by atoms with Crippen molar-refractivity contribution in [1.29, 1.82) is 0 Å². The van der Waals surface area contributed by atoms with Crippen molar-refractivity contribution in [3.05, 3.63) is 54.1 Å². The van der Waals surface area contributed by atoms with Gasteiger partial charge in [0.2, 0.25) is 5.91 Å². The number of carbonyl (C=O) groups excluding carboxylic acids is 1. The van der Waals surface area contributed by atoms with E-state index in [1.807, 2.05) is 36.4 Å². The summed E-state index contributed by atoms with van der Waals surface area (Å²) >= 11 is 0. The molecular weight excluding hydrogens is 360 g/mol. The van der Waals surface area contributed by atoms with E-state index in [1.165, 1.54) is 38.5 Å². The second-order valence-electron chi connectivity index (χ2n) is 9.41. The van der Waals surface area contributed by atoms with Crippen LogP contribution in [0.3, 0.4) is 0 Å². The minimum absolute atomic E-state index is 0.0192. The number of rotatable bonds is 6. The molecule has 0 spiro atoms. The number of nitrogens with one attached hydrogen (secondary N) is 2. The first-order chi connectivity index (χ1) is 14.1. The molecule has 0 aromatic heterocycles. The van der Waals surface area contributed by atoms with E-state index in [-0.39, 0.29) is 11.4 Å². The Hall–Kier alpha value is -2.49. The highest BCUT2D eigenvalue weighted by Gasteiger charge is 2.51. The second-order valence-corrected chi connectivity index (χ2v) is 9.41. The molecule has 6 rings (SSSR count). The number of benzene rings is 2. The molecule has 2 aromatic rings. The number of ether oxygens (including phenoxy) is 1. The minimum atomic E-state index is -0.0192. The van der Waals surface area contributed by atoms with Gasteiger partial charge in [0.25, 0.3) is 0 Å². The number of carbonyl (C=O) groups is 1. The molecule has 2 N–H and O–H groups in total. The number of amides is 1. The summed E-state index contributed by atoms with van der Waals surface area (Å²) in [4.78, 5) is 12.8. The zero-order valence-electron chi connectivity index (χ0n) is 17.1. The van der Waals surface area contributed by atoms with Crippen molar-refractivity contribution < 1.29 is 9.53 Å². The van der Waals surface area contributed by atoms with E-state index in [0.717, 1.165) is 40.4 Å². The molecule has 0 radical (unpaired) electrons. The zero-order chi connectivity index (χ0) is 19.8. The third-order valence-corrected chi connectivity index (χ3v) is 7.18. The highest BCUT2D eigenvalue weighted by atomic mass is 16.5. The summed E-state index contributed by atoms with van der Waals surface area (Å²) in [5, 5.41) is 7.04. The summed E-state index contributed by atoms with van der Waals surface area (Å²) in [5.41, 5.74) is 3.06. The molecule has 4 aliphatic rings. The molecule has 4 aliphatic carbocycles. The standard InChI is InChI=1S/C25H30N2O2/c1-29-23-9-5-2-6-20(23)13-24(28)26-21-7-3-4-8-22(21)27-25-14-17-10-18(15-25)12-19(11-17)16-25/h2-9,17-19,27H,10-16H2,1H3,(H,26,28). The van der Waals surface area contributed by atoms with E-state index in [4.69, 9.17) is 4.74 Å². The first-order valence-electron chi connectivity index (χ1n) is 10.9. The van der Waals surface area contributed by atoms with Crippen LogP contribution < -0.4 is 15.4 Å². The van der Waals surface area contributed by atoms with E-state index >= 15 is 0 Å². The van der Waals surface area contributed by atoms with Gasteiger partial charge in [-0.2, -0.15) is 0 Å². The topological polar surface area (TPSA) is 50.4 Å². The number of para-hydroxylation sites is 3. The second kappa shape index (κ2) is 7.40. The van der Waals surface area contributed by atoms with Crippen LogP contribution in [-0.2, 0) is 11.2 Å². The van der Waals surface area contributed by atoms with Gasteiger partial charge in [0.1, 0.15) is 5.75 Å². The monoisotopic (exact) mass is 390 g/mol. The molecule has 0 heterocycles. The molecular formula is C25H30N2O2. The highest BCUT2D eigenvalue weighted by molar-refractivity contribution is 5.95. The van der Waals surface area contributed by atoms with Crippen LogP contribution in [0, 0.1) is 17.8 Å². The third-order valence-electron chi connectivity index (χ3n) is 7.18. The fourth-order valence-corrected chi connectivity index (χ4v) is 6.47. The van der Waals surface area contributed by atoms with Crippen LogP contribution in [-0.4, -0.2) is 18.6 Å². The SMILES string of the molecule is COc1ccccc1CC(=O)Nc1ccccc1NC12CC3CC(CC(C3)C1)C2. The van der Waals surface area contributed by atoms with Crippen molar-refractivity contribution in [1.82, 2.24) is 0 Å². The van der Waals surface area contributed by atoms with Crippen LogP contribution in [0.25, 0.3) is 0 Å². The summed E-state index contributed by atoms with van der Waals surface area (Å²) in [7, 11) is 1.64. The summed E-state index contributed by atoms with van der Waals surface area (Å²) < 4.78 is 5.39. The largest absolute Gasteiger partial charge is 0.496 e. The maximum atomic E-state index is 12.8. The fourth-order valence-electron chi connectivity index (χ4n) is 6.47. The van der Waals surface area contributed by atoms with Gasteiger partial charge in [0, 0.05) is 11.1 Å². The van der Waals surface area contributed by atoms with Gasteiger partial charge in [-0.1, -0.05) is 30.3 Å². The average molecular weight is 391 g/mol. The van der Waals surface area contributed by atoms with Gasteiger partial charge in [0.05, 0.1) is 24.9 Å². The van der Waals surface area contributed by atoms with Gasteiger partial charge in [-0.15, -0.1) is 0 Å². The lowest BCUT2D eigenvalue weighted by molar-refractivity contribution is -0.115. The van der Waals surface area contributed by atoms with Crippen LogP contribution in [0.2, 0.25) is 0 Å². The first kappa shape index (κ1) is 18.5. The number of hydrogen-bond donors (Lipinski definition) is 2. The Kier molecular flexibility index (Phi) is 4.73. The van der Waals surface area contributed by atoms with Crippen LogP contribution in [0.1, 0.15) is 44.1 Å². The van der Waals surface area contributed by atoms with Gasteiger partial charge in [-0.25, -0.2) is 0 Å². The Bertz CT molecular complexity index is 872. The Labute approximate surface area is 173 Å². The molecule has 0 unspecified atom stereocenters. The highest BCUT2D eigenvalue weighted by Crippen LogP contribution is 2.56. The van der Waals surface area contributed by atoms with Crippen molar-refractivity contribution in [2.75, 3.05) is 17.7 Å². The normalized spacial score (nSPS) is 29.5. The van der Waals surface area contributed by atoms with E-state index < -0.39 is 0 Å². The lowest BCUT2D eigenvalue weighted by Crippen LogP contribution is -2.54. The quantitative estimate of drug-likeness (QED) is 0.708. The van der Waals surface area contributed by atoms with Crippen molar-refractivity contribution >= 4 is 17.3 Å². The van der Waals surface area contributed by atoms with Gasteiger partial charge in [-0.05, 0) is 74.5 Å². The fraction of sp³-hybridized carbons (Fsp3) is 0.480.